The molecule has 0 bridgehead atoms. The zero-order valence-electron chi connectivity index (χ0n) is 9.25. The number of rotatable bonds is 5. The van der Waals surface area contributed by atoms with Crippen LogP contribution in [0.1, 0.15) is 24.0 Å². The zero-order chi connectivity index (χ0) is 11.3. The third-order valence-electron chi connectivity index (χ3n) is 2.42. The first-order valence-corrected chi connectivity index (χ1v) is 5.46. The molecule has 0 aliphatic carbocycles. The maximum absolute atomic E-state index is 5.45. The topological polar surface area (TPSA) is 35.2 Å². The summed E-state index contributed by atoms with van der Waals surface area (Å²) in [6.45, 7) is 2.10. The van der Waals surface area contributed by atoms with Gasteiger partial charge in [-0.2, -0.15) is 0 Å². The lowest BCUT2D eigenvalue weighted by atomic mass is 10.0. The summed E-state index contributed by atoms with van der Waals surface area (Å²) in [4.78, 5) is 0.598. The number of benzene rings is 1. The van der Waals surface area contributed by atoms with Gasteiger partial charge in [0.15, 0.2) is 0 Å². The lowest BCUT2D eigenvalue weighted by Gasteiger charge is -2.07. The van der Waals surface area contributed by atoms with Crippen molar-refractivity contribution in [2.75, 3.05) is 7.11 Å². The smallest absolute Gasteiger partial charge is 0.119 e. The molecule has 82 valence electrons. The van der Waals surface area contributed by atoms with Gasteiger partial charge in [0.05, 0.1) is 12.1 Å². The van der Waals surface area contributed by atoms with Crippen LogP contribution in [0.2, 0.25) is 0 Å². The molecular weight excluding hydrogens is 206 g/mol. The molecule has 15 heavy (non-hydrogen) atoms. The minimum Gasteiger partial charge on any atom is -0.497 e. The molecule has 0 saturated heterocycles. The van der Waals surface area contributed by atoms with E-state index in [0.717, 1.165) is 25.0 Å². The van der Waals surface area contributed by atoms with Crippen LogP contribution in [0.15, 0.2) is 18.2 Å². The largest absolute Gasteiger partial charge is 0.497 e. The highest BCUT2D eigenvalue weighted by Crippen LogP contribution is 2.18. The molecule has 0 atom stereocenters. The van der Waals surface area contributed by atoms with E-state index in [-0.39, 0.29) is 0 Å². The Kier molecular flexibility index (Phi) is 4.56. The summed E-state index contributed by atoms with van der Waals surface area (Å²) >= 11 is 4.84. The lowest BCUT2D eigenvalue weighted by Crippen LogP contribution is -2.07. The molecule has 1 aromatic rings. The van der Waals surface area contributed by atoms with Crippen molar-refractivity contribution in [2.24, 2.45) is 5.73 Å². The molecule has 3 heteroatoms. The Morgan fingerprint density at radius 1 is 1.47 bits per heavy atom. The molecule has 0 unspecified atom stereocenters. The number of aryl methyl sites for hydroxylation is 2. The Morgan fingerprint density at radius 2 is 2.20 bits per heavy atom. The number of thiocarbonyl (C=S) groups is 1. The number of hydrogen-bond acceptors (Lipinski definition) is 2. The van der Waals surface area contributed by atoms with Crippen molar-refractivity contribution in [2.45, 2.75) is 26.2 Å². The van der Waals surface area contributed by atoms with E-state index in [1.54, 1.807) is 7.11 Å². The molecule has 2 N–H and O–H groups in total. The third-order valence-corrected chi connectivity index (χ3v) is 2.62. The molecule has 0 spiro atoms. The van der Waals surface area contributed by atoms with Crippen LogP contribution < -0.4 is 10.5 Å². The zero-order valence-corrected chi connectivity index (χ0v) is 10.1. The fraction of sp³-hybridized carbons (Fsp3) is 0.417. The first-order chi connectivity index (χ1) is 7.13. The molecule has 1 rings (SSSR count). The van der Waals surface area contributed by atoms with E-state index in [1.807, 2.05) is 6.07 Å². The van der Waals surface area contributed by atoms with Gasteiger partial charge in [0.2, 0.25) is 0 Å². The second kappa shape index (κ2) is 5.71. The van der Waals surface area contributed by atoms with Gasteiger partial charge in [-0.3, -0.25) is 0 Å². The maximum atomic E-state index is 5.45. The maximum Gasteiger partial charge on any atom is 0.119 e. The molecule has 0 fully saturated rings. The fourth-order valence-corrected chi connectivity index (χ4v) is 1.67. The molecule has 0 saturated carbocycles. The Labute approximate surface area is 96.4 Å². The Morgan fingerprint density at radius 3 is 2.73 bits per heavy atom. The lowest BCUT2D eigenvalue weighted by molar-refractivity contribution is 0.414. The number of nitrogens with two attached hydrogens (primary N) is 1. The molecular formula is C12H17NOS. The monoisotopic (exact) mass is 223 g/mol. The highest BCUT2D eigenvalue weighted by molar-refractivity contribution is 7.80. The number of ether oxygens (including phenoxy) is 1. The highest BCUT2D eigenvalue weighted by Gasteiger charge is 2.00. The summed E-state index contributed by atoms with van der Waals surface area (Å²) < 4.78 is 5.15. The van der Waals surface area contributed by atoms with E-state index in [0.29, 0.717) is 4.99 Å². The number of methoxy groups -OCH3 is 1. The van der Waals surface area contributed by atoms with Crippen LogP contribution >= 0.6 is 12.2 Å². The van der Waals surface area contributed by atoms with Gasteiger partial charge in [0.25, 0.3) is 0 Å². The first kappa shape index (κ1) is 12.0. The van der Waals surface area contributed by atoms with Gasteiger partial charge >= 0.3 is 0 Å². The van der Waals surface area contributed by atoms with Crippen molar-refractivity contribution in [3.63, 3.8) is 0 Å². The summed E-state index contributed by atoms with van der Waals surface area (Å²) in [5, 5.41) is 0. The molecule has 0 aromatic heterocycles. The summed E-state index contributed by atoms with van der Waals surface area (Å²) in [5.41, 5.74) is 8.05. The van der Waals surface area contributed by atoms with Crippen LogP contribution in [0.5, 0.6) is 5.75 Å². The van der Waals surface area contributed by atoms with E-state index >= 15 is 0 Å². The van der Waals surface area contributed by atoms with Gasteiger partial charge in [-0.25, -0.2) is 0 Å². The van der Waals surface area contributed by atoms with E-state index in [1.165, 1.54) is 11.1 Å². The van der Waals surface area contributed by atoms with Gasteiger partial charge in [-0.05, 0) is 49.4 Å². The van der Waals surface area contributed by atoms with Gasteiger partial charge in [0, 0.05) is 0 Å². The minimum atomic E-state index is 0.598. The second-order valence-electron chi connectivity index (χ2n) is 3.61. The molecule has 2 nitrogen and oxygen atoms in total. The van der Waals surface area contributed by atoms with Crippen molar-refractivity contribution in [1.82, 2.24) is 0 Å². The van der Waals surface area contributed by atoms with E-state index in [2.05, 4.69) is 19.1 Å². The highest BCUT2D eigenvalue weighted by atomic mass is 32.1. The quantitative estimate of drug-likeness (QED) is 0.779. The van der Waals surface area contributed by atoms with E-state index < -0.39 is 0 Å². The van der Waals surface area contributed by atoms with Crippen molar-refractivity contribution in [3.05, 3.63) is 29.3 Å². The van der Waals surface area contributed by atoms with E-state index in [9.17, 15) is 0 Å². The molecule has 0 aliphatic rings. The summed E-state index contributed by atoms with van der Waals surface area (Å²) in [6, 6.07) is 6.15. The van der Waals surface area contributed by atoms with Gasteiger partial charge in [-0.1, -0.05) is 18.3 Å². The predicted octanol–water partition coefficient (Wildman–Crippen LogP) is 2.61. The van der Waals surface area contributed by atoms with Crippen LogP contribution in [0, 0.1) is 6.92 Å². The first-order valence-electron chi connectivity index (χ1n) is 5.05. The van der Waals surface area contributed by atoms with Gasteiger partial charge < -0.3 is 10.5 Å². The molecule has 0 aliphatic heterocycles. The average molecular weight is 223 g/mol. The SMILES string of the molecule is COc1ccc(CCCC(N)=S)c(C)c1. The van der Waals surface area contributed by atoms with Crippen molar-refractivity contribution >= 4 is 17.2 Å². The molecule has 0 heterocycles. The third kappa shape index (κ3) is 3.88. The molecule has 0 radical (unpaired) electrons. The van der Waals surface area contributed by atoms with Crippen LogP contribution in [0.3, 0.4) is 0 Å². The molecule has 1 aromatic carbocycles. The van der Waals surface area contributed by atoms with Gasteiger partial charge in [0.1, 0.15) is 5.75 Å². The average Bonchev–Trinajstić information content (AvgIpc) is 2.20. The van der Waals surface area contributed by atoms with Crippen LogP contribution in [0.25, 0.3) is 0 Å². The van der Waals surface area contributed by atoms with Gasteiger partial charge in [-0.15, -0.1) is 0 Å². The molecule has 0 amide bonds. The minimum absolute atomic E-state index is 0.598. The fourth-order valence-electron chi connectivity index (χ4n) is 1.53. The second-order valence-corrected chi connectivity index (χ2v) is 4.14. The summed E-state index contributed by atoms with van der Waals surface area (Å²) in [7, 11) is 1.68. The predicted molar refractivity (Wildman–Crippen MR) is 67.5 cm³/mol. The Hall–Kier alpha value is -1.09. The van der Waals surface area contributed by atoms with Crippen molar-refractivity contribution in [3.8, 4) is 5.75 Å². The Bertz CT molecular complexity index is 349. The standard InChI is InChI=1S/C12H17NOS/c1-9-8-11(14-2)7-6-10(9)4-3-5-12(13)15/h6-8H,3-5H2,1-2H3,(H2,13,15). The normalized spacial score (nSPS) is 10.0. The van der Waals surface area contributed by atoms with Crippen LogP contribution in [-0.4, -0.2) is 12.1 Å². The number of hydrogen-bond donors (Lipinski definition) is 1. The Balaban J connectivity index is 2.58. The summed E-state index contributed by atoms with van der Waals surface area (Å²) in [6.07, 6.45) is 2.86. The summed E-state index contributed by atoms with van der Waals surface area (Å²) in [5.74, 6) is 0.908. The van der Waals surface area contributed by atoms with Crippen molar-refractivity contribution in [1.29, 1.82) is 0 Å². The van der Waals surface area contributed by atoms with E-state index in [4.69, 9.17) is 22.7 Å². The van der Waals surface area contributed by atoms with Crippen LogP contribution in [0.4, 0.5) is 0 Å². The van der Waals surface area contributed by atoms with Crippen molar-refractivity contribution < 1.29 is 4.74 Å². The van der Waals surface area contributed by atoms with Crippen LogP contribution in [-0.2, 0) is 6.42 Å².